The normalized spacial score (nSPS) is 18.8. The summed E-state index contributed by atoms with van der Waals surface area (Å²) in [4.78, 5) is 15.1. The molecule has 0 spiro atoms. The van der Waals surface area contributed by atoms with Crippen molar-refractivity contribution in [2.24, 2.45) is 16.6 Å². The number of aromatic nitrogens is 2. The quantitative estimate of drug-likeness (QED) is 0.240. The Bertz CT molecular complexity index is 1430. The molecule has 1 aromatic heterocycles. The largest absolute Gasteiger partial charge is 0.488 e. The Morgan fingerprint density at radius 1 is 1.33 bits per heavy atom. The molecule has 42 heavy (non-hydrogen) atoms. The highest BCUT2D eigenvalue weighted by Crippen LogP contribution is 2.39. The van der Waals surface area contributed by atoms with E-state index in [1.54, 1.807) is 0 Å². The van der Waals surface area contributed by atoms with E-state index in [1.807, 2.05) is 13.8 Å². The first-order valence-corrected chi connectivity index (χ1v) is 16.4. The number of nitrogens with two attached hydrogens (primary N) is 1. The van der Waals surface area contributed by atoms with Crippen LogP contribution in [0.2, 0.25) is 5.02 Å². The summed E-state index contributed by atoms with van der Waals surface area (Å²) in [6, 6.07) is 4.17. The van der Waals surface area contributed by atoms with E-state index in [2.05, 4.69) is 49.6 Å². The second kappa shape index (κ2) is 14.0. The number of anilines is 3. The number of ether oxygens (including phenoxy) is 1. The molecule has 0 bridgehead atoms. The minimum atomic E-state index is -3.74. The number of hydrogen-bond acceptors (Lipinski definition) is 11. The summed E-state index contributed by atoms with van der Waals surface area (Å²) in [5.41, 5.74) is 9.25. The fourth-order valence-electron chi connectivity index (χ4n) is 5.10. The van der Waals surface area contributed by atoms with Crippen LogP contribution >= 0.6 is 11.6 Å². The van der Waals surface area contributed by atoms with E-state index in [1.165, 1.54) is 25.0 Å². The van der Waals surface area contributed by atoms with Crippen molar-refractivity contribution in [1.82, 2.24) is 14.9 Å². The number of piperidine rings is 1. The van der Waals surface area contributed by atoms with Crippen molar-refractivity contribution in [2.45, 2.75) is 58.5 Å². The topological polar surface area (TPSA) is 155 Å². The molecule has 0 radical (unpaired) electrons. The van der Waals surface area contributed by atoms with Gasteiger partial charge in [0.1, 0.15) is 10.8 Å². The molecule has 1 saturated heterocycles. The van der Waals surface area contributed by atoms with Gasteiger partial charge >= 0.3 is 0 Å². The third-order valence-corrected chi connectivity index (χ3v) is 9.48. The zero-order valence-electron chi connectivity index (χ0n) is 24.7. The number of benzene rings is 1. The van der Waals surface area contributed by atoms with E-state index in [0.29, 0.717) is 12.5 Å². The highest BCUT2D eigenvalue weighted by Gasteiger charge is 2.28. The smallest absolute Gasteiger partial charge is 0.229 e. The average molecular weight is 620 g/mol. The van der Waals surface area contributed by atoms with Gasteiger partial charge in [-0.25, -0.2) is 13.4 Å². The number of halogens is 1. The van der Waals surface area contributed by atoms with Gasteiger partial charge in [0.15, 0.2) is 20.7 Å². The summed E-state index contributed by atoms with van der Waals surface area (Å²) in [6.45, 7) is 8.45. The number of aryl methyl sites for hydroxylation is 1. The van der Waals surface area contributed by atoms with Crippen LogP contribution in [0.4, 0.5) is 17.5 Å². The molecule has 0 amide bonds. The molecule has 1 unspecified atom stereocenters. The highest BCUT2D eigenvalue weighted by molar-refractivity contribution is 7.95. The van der Waals surface area contributed by atoms with Crippen molar-refractivity contribution in [3.05, 3.63) is 45.2 Å². The average Bonchev–Trinajstić information content (AvgIpc) is 3.75. The number of likely N-dealkylation sites (tertiary alicyclic amines) is 1. The second-order valence-electron chi connectivity index (χ2n) is 11.4. The number of rotatable bonds is 13. The van der Waals surface area contributed by atoms with Crippen LogP contribution in [0.15, 0.2) is 34.0 Å². The van der Waals surface area contributed by atoms with Gasteiger partial charge in [-0.3, -0.25) is 4.99 Å². The lowest BCUT2D eigenvalue weighted by atomic mass is 9.87. The third-order valence-electron chi connectivity index (χ3n) is 7.20. The molecule has 4 rings (SSSR count). The van der Waals surface area contributed by atoms with E-state index in [0.717, 1.165) is 55.8 Å². The molecular weight excluding hydrogens is 578 g/mol. The van der Waals surface area contributed by atoms with Crippen LogP contribution in [-0.2, 0) is 9.84 Å². The monoisotopic (exact) mass is 619 g/mol. The molecule has 1 aromatic carbocycles. The fourth-order valence-corrected chi connectivity index (χ4v) is 6.74. The Labute approximate surface area is 253 Å². The lowest BCUT2D eigenvalue weighted by molar-refractivity contribution is 0.161. The molecular formula is C29H42ClN7O4S. The Hall–Kier alpha value is -2.93. The minimum absolute atomic E-state index is 0.0744. The van der Waals surface area contributed by atoms with Gasteiger partial charge in [-0.2, -0.15) is 4.98 Å². The molecule has 1 saturated carbocycles. The molecule has 230 valence electrons. The van der Waals surface area contributed by atoms with Gasteiger partial charge in [0.2, 0.25) is 5.95 Å². The highest BCUT2D eigenvalue weighted by atomic mass is 35.5. The van der Waals surface area contributed by atoms with Gasteiger partial charge in [0.25, 0.3) is 0 Å². The number of aliphatic imine (C=N–C) groups is 1. The molecule has 1 atom stereocenters. The number of hydrogen-bond donors (Lipinski definition) is 4. The Kier molecular flexibility index (Phi) is 10.7. The van der Waals surface area contributed by atoms with Gasteiger partial charge in [0, 0.05) is 26.4 Å². The van der Waals surface area contributed by atoms with Crippen molar-refractivity contribution in [3.8, 4) is 5.75 Å². The van der Waals surface area contributed by atoms with E-state index in [-0.39, 0.29) is 51.9 Å². The Balaban J connectivity index is 1.63. The molecule has 1 aliphatic heterocycles. The van der Waals surface area contributed by atoms with E-state index < -0.39 is 9.84 Å². The van der Waals surface area contributed by atoms with Gasteiger partial charge in [-0.1, -0.05) is 25.4 Å². The molecule has 5 N–H and O–H groups in total. The predicted octanol–water partition coefficient (Wildman–Crippen LogP) is 4.21. The van der Waals surface area contributed by atoms with Crippen molar-refractivity contribution in [1.29, 1.82) is 0 Å². The van der Waals surface area contributed by atoms with E-state index in [9.17, 15) is 13.5 Å². The minimum Gasteiger partial charge on any atom is -0.488 e. The molecule has 13 heteroatoms. The molecule has 2 fully saturated rings. The zero-order valence-corrected chi connectivity index (χ0v) is 26.3. The van der Waals surface area contributed by atoms with Crippen LogP contribution in [0.25, 0.3) is 0 Å². The predicted molar refractivity (Wildman–Crippen MR) is 169 cm³/mol. The number of nitrogens with one attached hydrogen (secondary N) is 2. The summed E-state index contributed by atoms with van der Waals surface area (Å²) in [5.74, 6) is 1.30. The Morgan fingerprint density at radius 3 is 2.76 bits per heavy atom. The summed E-state index contributed by atoms with van der Waals surface area (Å²) >= 11 is 6.40. The van der Waals surface area contributed by atoms with E-state index >= 15 is 0 Å². The number of allylic oxidation sites excluding steroid dienone is 1. The van der Waals surface area contributed by atoms with Crippen LogP contribution in [0.5, 0.6) is 5.75 Å². The fraction of sp³-hybridized carbons (Fsp3) is 0.552. The maximum atomic E-state index is 12.8. The maximum Gasteiger partial charge on any atom is 0.229 e. The number of aliphatic hydroxyl groups is 1. The SMILES string of the molecule is CN=CC(Nc1nc(Nc2cc(C)c(C3CCCN(CCO)C3)cc2OC2CC2)ncc1Cl)=C(N)S(=O)(=O)CC(C)C. The van der Waals surface area contributed by atoms with Crippen LogP contribution in [0.1, 0.15) is 56.6 Å². The first-order valence-electron chi connectivity index (χ1n) is 14.4. The first kappa shape index (κ1) is 32.0. The van der Waals surface area contributed by atoms with Crippen molar-refractivity contribution < 1.29 is 18.3 Å². The lowest BCUT2D eigenvalue weighted by Crippen LogP contribution is -2.36. The molecule has 2 aliphatic rings. The lowest BCUT2D eigenvalue weighted by Gasteiger charge is -2.33. The number of aliphatic hydroxyl groups excluding tert-OH is 1. The Morgan fingerprint density at radius 2 is 2.10 bits per heavy atom. The van der Waals surface area contributed by atoms with Crippen molar-refractivity contribution >= 4 is 45.1 Å². The van der Waals surface area contributed by atoms with Crippen LogP contribution in [0.3, 0.4) is 0 Å². The van der Waals surface area contributed by atoms with Crippen LogP contribution in [0, 0.1) is 12.8 Å². The number of sulfone groups is 1. The maximum absolute atomic E-state index is 12.8. The van der Waals surface area contributed by atoms with Crippen LogP contribution < -0.4 is 21.1 Å². The summed E-state index contributed by atoms with van der Waals surface area (Å²) < 4.78 is 31.9. The van der Waals surface area contributed by atoms with E-state index in [4.69, 9.17) is 22.1 Å². The summed E-state index contributed by atoms with van der Waals surface area (Å²) in [7, 11) is -2.22. The molecule has 11 nitrogen and oxygen atoms in total. The zero-order chi connectivity index (χ0) is 30.4. The second-order valence-corrected chi connectivity index (χ2v) is 13.8. The third kappa shape index (κ3) is 8.33. The van der Waals surface area contributed by atoms with Gasteiger partial charge in [-0.15, -0.1) is 0 Å². The molecule has 1 aliphatic carbocycles. The van der Waals surface area contributed by atoms with Crippen molar-refractivity contribution in [2.75, 3.05) is 49.7 Å². The number of β-amino-alcohol motifs (C(OH)–C–C–N with tert-alkyl or cyclic N) is 1. The van der Waals surface area contributed by atoms with Crippen LogP contribution in [-0.4, -0.2) is 79.8 Å². The molecule has 2 heterocycles. The van der Waals surface area contributed by atoms with Gasteiger partial charge < -0.3 is 31.1 Å². The standard InChI is InChI=1S/C29H42ClN7O4S/c1-18(2)17-42(39,40)27(31)25(15-32-4)34-28-23(30)14-33-29(36-28)35-24-12-19(3)22(13-26(24)41-21-7-8-21)20-6-5-9-37(16-20)10-11-38/h12-15,18,20-21,38H,5-11,16-17,31H2,1-4H3,(H2,33,34,35,36). The molecule has 2 aromatic rings. The number of nitrogens with zero attached hydrogens (tertiary/aromatic N) is 4. The summed E-state index contributed by atoms with van der Waals surface area (Å²) in [6.07, 6.45) is 7.13. The summed E-state index contributed by atoms with van der Waals surface area (Å²) in [5, 5.41) is 15.5. The first-order chi connectivity index (χ1) is 20.0. The van der Waals surface area contributed by atoms with Gasteiger partial charge in [-0.05, 0) is 74.2 Å². The van der Waals surface area contributed by atoms with Crippen molar-refractivity contribution in [3.63, 3.8) is 0 Å². The van der Waals surface area contributed by atoms with Gasteiger partial charge in [0.05, 0.1) is 36.0 Å².